The van der Waals surface area contributed by atoms with Crippen molar-refractivity contribution in [1.82, 2.24) is 10.2 Å². The highest BCUT2D eigenvalue weighted by Crippen LogP contribution is 2.24. The summed E-state index contributed by atoms with van der Waals surface area (Å²) in [6.07, 6.45) is 1.46. The van der Waals surface area contributed by atoms with E-state index < -0.39 is 9.84 Å². The summed E-state index contributed by atoms with van der Waals surface area (Å²) in [5.74, 6) is 0.728. The lowest BCUT2D eigenvalue weighted by molar-refractivity contribution is -0.130. The Labute approximate surface area is 102 Å². The molecule has 0 spiro atoms. The molecule has 6 heteroatoms. The fraction of sp³-hybridized carbons (Fsp3) is 0.909. The van der Waals surface area contributed by atoms with Gasteiger partial charge in [0.15, 0.2) is 9.84 Å². The van der Waals surface area contributed by atoms with Crippen molar-refractivity contribution in [1.29, 1.82) is 0 Å². The Morgan fingerprint density at radius 2 is 2.12 bits per heavy atom. The number of nitrogens with zero attached hydrogens (tertiary/aromatic N) is 1. The second kappa shape index (κ2) is 4.57. The van der Waals surface area contributed by atoms with E-state index >= 15 is 0 Å². The van der Waals surface area contributed by atoms with Gasteiger partial charge in [-0.15, -0.1) is 0 Å². The number of rotatable bonds is 2. The fourth-order valence-corrected chi connectivity index (χ4v) is 4.43. The van der Waals surface area contributed by atoms with Crippen LogP contribution in [0.15, 0.2) is 0 Å². The van der Waals surface area contributed by atoms with Crippen LogP contribution in [0.25, 0.3) is 0 Å². The van der Waals surface area contributed by atoms with E-state index in [1.165, 1.54) is 0 Å². The Balaban J connectivity index is 2.17. The molecule has 5 nitrogen and oxygen atoms in total. The number of hydrogen-bond acceptors (Lipinski definition) is 4. The van der Waals surface area contributed by atoms with Crippen LogP contribution in [0.4, 0.5) is 0 Å². The summed E-state index contributed by atoms with van der Waals surface area (Å²) in [5.41, 5.74) is 0. The topological polar surface area (TPSA) is 66.5 Å². The minimum Gasteiger partial charge on any atom is -0.322 e. The Morgan fingerprint density at radius 1 is 1.41 bits per heavy atom. The second-order valence-electron chi connectivity index (χ2n) is 5.28. The third-order valence-electron chi connectivity index (χ3n) is 3.51. The summed E-state index contributed by atoms with van der Waals surface area (Å²) < 4.78 is 23.3. The van der Waals surface area contributed by atoms with Crippen molar-refractivity contribution in [2.24, 2.45) is 5.92 Å². The predicted octanol–water partition coefficient (Wildman–Crippen LogP) is -0.0225. The fourth-order valence-electron chi connectivity index (χ4n) is 2.74. The summed E-state index contributed by atoms with van der Waals surface area (Å²) in [6, 6.07) is -0.136. The first kappa shape index (κ1) is 12.8. The molecule has 0 bridgehead atoms. The van der Waals surface area contributed by atoms with Crippen molar-refractivity contribution in [2.45, 2.75) is 38.9 Å². The monoisotopic (exact) mass is 260 g/mol. The molecule has 0 aromatic rings. The van der Waals surface area contributed by atoms with Gasteiger partial charge in [0.25, 0.3) is 0 Å². The maximum absolute atomic E-state index is 11.9. The summed E-state index contributed by atoms with van der Waals surface area (Å²) in [4.78, 5) is 13.6. The van der Waals surface area contributed by atoms with E-state index in [1.807, 2.05) is 13.8 Å². The average Bonchev–Trinajstić information content (AvgIpc) is 2.58. The van der Waals surface area contributed by atoms with Gasteiger partial charge in [0.1, 0.15) is 0 Å². The maximum atomic E-state index is 11.9. The highest BCUT2D eigenvalue weighted by molar-refractivity contribution is 7.91. The lowest BCUT2D eigenvalue weighted by atomic mass is 10.1. The normalized spacial score (nSPS) is 33.4. The SMILES string of the molecule is CC(C)C1NCC(=O)N1C1CCCS(=O)(=O)C1. The predicted molar refractivity (Wildman–Crippen MR) is 65.2 cm³/mol. The van der Waals surface area contributed by atoms with Crippen LogP contribution in [-0.4, -0.2) is 49.5 Å². The van der Waals surface area contributed by atoms with E-state index in [4.69, 9.17) is 0 Å². The molecule has 0 aromatic heterocycles. The van der Waals surface area contributed by atoms with Crippen LogP contribution in [0.1, 0.15) is 26.7 Å². The molecule has 0 radical (unpaired) electrons. The molecule has 2 atom stereocenters. The van der Waals surface area contributed by atoms with E-state index in [0.29, 0.717) is 18.9 Å². The largest absolute Gasteiger partial charge is 0.322 e. The van der Waals surface area contributed by atoms with Crippen molar-refractivity contribution in [3.8, 4) is 0 Å². The van der Waals surface area contributed by atoms with Gasteiger partial charge in [0, 0.05) is 6.04 Å². The molecule has 1 amide bonds. The molecule has 2 aliphatic heterocycles. The summed E-state index contributed by atoms with van der Waals surface area (Å²) in [5, 5.41) is 3.16. The molecular formula is C11H20N2O3S. The first-order chi connectivity index (χ1) is 7.91. The van der Waals surface area contributed by atoms with Gasteiger partial charge >= 0.3 is 0 Å². The summed E-state index contributed by atoms with van der Waals surface area (Å²) in [6.45, 7) is 4.42. The molecule has 1 N–H and O–H groups in total. The minimum absolute atomic E-state index is 0.0131. The Hall–Kier alpha value is -0.620. The van der Waals surface area contributed by atoms with Gasteiger partial charge in [0.05, 0.1) is 24.2 Å². The van der Waals surface area contributed by atoms with E-state index in [9.17, 15) is 13.2 Å². The molecule has 2 rings (SSSR count). The molecule has 2 aliphatic rings. The van der Waals surface area contributed by atoms with Crippen LogP contribution < -0.4 is 5.32 Å². The molecule has 0 aliphatic carbocycles. The third kappa shape index (κ3) is 2.63. The van der Waals surface area contributed by atoms with Crippen molar-refractivity contribution < 1.29 is 13.2 Å². The van der Waals surface area contributed by atoms with Crippen molar-refractivity contribution in [3.63, 3.8) is 0 Å². The molecule has 0 aromatic carbocycles. The number of carbonyl (C=O) groups excluding carboxylic acids is 1. The van der Waals surface area contributed by atoms with Crippen molar-refractivity contribution in [2.75, 3.05) is 18.1 Å². The first-order valence-corrected chi connectivity index (χ1v) is 7.98. The van der Waals surface area contributed by atoms with Crippen LogP contribution in [0.3, 0.4) is 0 Å². The van der Waals surface area contributed by atoms with Gasteiger partial charge < -0.3 is 4.90 Å². The minimum atomic E-state index is -2.96. The van der Waals surface area contributed by atoms with Crippen LogP contribution in [0.2, 0.25) is 0 Å². The molecule has 2 saturated heterocycles. The summed E-state index contributed by atoms with van der Waals surface area (Å²) in [7, 11) is -2.96. The Bertz CT molecular complexity index is 405. The average molecular weight is 260 g/mol. The van der Waals surface area contributed by atoms with Crippen LogP contribution in [0, 0.1) is 5.92 Å². The molecule has 0 saturated carbocycles. The smallest absolute Gasteiger partial charge is 0.238 e. The zero-order chi connectivity index (χ0) is 12.6. The van der Waals surface area contributed by atoms with Gasteiger partial charge in [-0.05, 0) is 18.8 Å². The van der Waals surface area contributed by atoms with Crippen molar-refractivity contribution in [3.05, 3.63) is 0 Å². The number of hydrogen-bond donors (Lipinski definition) is 1. The van der Waals surface area contributed by atoms with E-state index in [-0.39, 0.29) is 29.6 Å². The van der Waals surface area contributed by atoms with Gasteiger partial charge in [-0.1, -0.05) is 13.8 Å². The highest BCUT2D eigenvalue weighted by Gasteiger charge is 2.40. The molecule has 17 heavy (non-hydrogen) atoms. The molecule has 2 heterocycles. The van der Waals surface area contributed by atoms with E-state index in [0.717, 1.165) is 6.42 Å². The Kier molecular flexibility index (Phi) is 3.45. The lowest BCUT2D eigenvalue weighted by Gasteiger charge is -2.36. The molecule has 98 valence electrons. The Morgan fingerprint density at radius 3 is 2.71 bits per heavy atom. The van der Waals surface area contributed by atoms with Gasteiger partial charge in [-0.3, -0.25) is 10.1 Å². The zero-order valence-electron chi connectivity index (χ0n) is 10.3. The molecule has 2 unspecified atom stereocenters. The second-order valence-corrected chi connectivity index (χ2v) is 7.51. The zero-order valence-corrected chi connectivity index (χ0v) is 11.2. The quantitative estimate of drug-likeness (QED) is 0.757. The van der Waals surface area contributed by atoms with Crippen LogP contribution in [-0.2, 0) is 14.6 Å². The number of amides is 1. The van der Waals surface area contributed by atoms with Gasteiger partial charge in [-0.2, -0.15) is 0 Å². The number of sulfone groups is 1. The number of nitrogens with one attached hydrogen (secondary N) is 1. The highest BCUT2D eigenvalue weighted by atomic mass is 32.2. The number of carbonyl (C=O) groups is 1. The van der Waals surface area contributed by atoms with Crippen molar-refractivity contribution >= 4 is 15.7 Å². The molecule has 2 fully saturated rings. The van der Waals surface area contributed by atoms with Crippen LogP contribution >= 0.6 is 0 Å². The lowest BCUT2D eigenvalue weighted by Crippen LogP contribution is -2.51. The standard InChI is InChI=1S/C11H20N2O3S/c1-8(2)11-12-6-10(14)13(11)9-4-3-5-17(15,16)7-9/h8-9,11-12H,3-7H2,1-2H3. The first-order valence-electron chi connectivity index (χ1n) is 6.16. The van der Waals surface area contributed by atoms with Gasteiger partial charge in [-0.25, -0.2) is 8.42 Å². The summed E-state index contributed by atoms with van der Waals surface area (Å²) >= 11 is 0. The molecular weight excluding hydrogens is 240 g/mol. The van der Waals surface area contributed by atoms with Crippen LogP contribution in [0.5, 0.6) is 0 Å². The van der Waals surface area contributed by atoms with E-state index in [2.05, 4.69) is 5.32 Å². The van der Waals surface area contributed by atoms with E-state index in [1.54, 1.807) is 4.90 Å². The third-order valence-corrected chi connectivity index (χ3v) is 5.32. The maximum Gasteiger partial charge on any atom is 0.238 e. The van der Waals surface area contributed by atoms with Gasteiger partial charge in [0.2, 0.25) is 5.91 Å².